The summed E-state index contributed by atoms with van der Waals surface area (Å²) in [7, 11) is -4.45. The molecule has 198 valence electrons. The molecule has 0 spiro atoms. The molecule has 1 aromatic heterocycles. The molecule has 1 aliphatic rings. The van der Waals surface area contributed by atoms with Crippen molar-refractivity contribution in [2.75, 3.05) is 13.1 Å². The Balaban J connectivity index is 0.00000481. The molecule has 0 aliphatic carbocycles. The Kier molecular flexibility index (Phi) is 10.5. The van der Waals surface area contributed by atoms with Crippen LogP contribution < -0.4 is 61.2 Å². The Hall–Kier alpha value is -1.42. The average molecular weight is 571 g/mol. The predicted molar refractivity (Wildman–Crippen MR) is 119 cm³/mol. The first-order valence-electron chi connectivity index (χ1n) is 11.1. The number of likely N-dealkylation sites (tertiary alicyclic amines) is 1. The van der Waals surface area contributed by atoms with Gasteiger partial charge in [-0.15, -0.1) is 0 Å². The fraction of sp³-hybridized carbons (Fsp3) is 0.478. The van der Waals surface area contributed by atoms with Gasteiger partial charge in [-0.1, -0.05) is 12.1 Å². The molecular weight excluding hydrogens is 544 g/mol. The molecule has 0 unspecified atom stereocenters. The normalized spacial score (nSPS) is 16.1. The van der Waals surface area contributed by atoms with Crippen molar-refractivity contribution in [1.29, 1.82) is 0 Å². The number of piperidine rings is 1. The van der Waals surface area contributed by atoms with Gasteiger partial charge in [-0.05, 0) is 63.8 Å². The summed E-state index contributed by atoms with van der Waals surface area (Å²) in [4.78, 5) is 25.4. The first-order valence-corrected chi connectivity index (χ1v) is 12.5. The smallest absolute Gasteiger partial charge is 0.548 e. The Morgan fingerprint density at radius 1 is 1.08 bits per heavy atom. The third-order valence-corrected chi connectivity index (χ3v) is 6.86. The van der Waals surface area contributed by atoms with Gasteiger partial charge in [0.15, 0.2) is 0 Å². The van der Waals surface area contributed by atoms with Gasteiger partial charge in [0, 0.05) is 18.7 Å². The number of ether oxygens (including phenoxy) is 1. The maximum absolute atomic E-state index is 12.8. The van der Waals surface area contributed by atoms with E-state index in [1.807, 2.05) is 0 Å². The number of nitrogens with zero attached hydrogens (tertiary/aromatic N) is 1. The molecule has 1 amide bonds. The summed E-state index contributed by atoms with van der Waals surface area (Å²) in [6.07, 6.45) is -4.69. The van der Waals surface area contributed by atoms with Gasteiger partial charge in [0.1, 0.15) is 11.4 Å². The number of benzene rings is 1. The second kappa shape index (κ2) is 12.2. The van der Waals surface area contributed by atoms with Crippen LogP contribution in [-0.2, 0) is 25.7 Å². The van der Waals surface area contributed by atoms with Crippen molar-refractivity contribution in [3.8, 4) is 11.3 Å². The molecule has 1 aromatic carbocycles. The van der Waals surface area contributed by atoms with Gasteiger partial charge in [0.05, 0.1) is 17.6 Å². The number of aliphatic carboxylic acids is 1. The summed E-state index contributed by atoms with van der Waals surface area (Å²) < 4.78 is 76.6. The van der Waals surface area contributed by atoms with Crippen LogP contribution in [0, 0.1) is 5.92 Å². The summed E-state index contributed by atoms with van der Waals surface area (Å²) in [6, 6.07) is 4.68. The zero-order valence-corrected chi connectivity index (χ0v) is 24.7. The number of hydrogen-bond donors (Lipinski definition) is 1. The molecule has 0 radical (unpaired) electrons. The van der Waals surface area contributed by atoms with Crippen molar-refractivity contribution in [2.45, 2.75) is 56.5 Å². The van der Waals surface area contributed by atoms with Crippen LogP contribution in [0.4, 0.5) is 18.0 Å². The van der Waals surface area contributed by atoms with Crippen LogP contribution in [0.3, 0.4) is 0 Å². The summed E-state index contributed by atoms with van der Waals surface area (Å²) in [5, 5.41) is 11.2. The van der Waals surface area contributed by atoms with E-state index >= 15 is 0 Å². The van der Waals surface area contributed by atoms with Gasteiger partial charge in [-0.2, -0.15) is 17.9 Å². The van der Waals surface area contributed by atoms with Crippen LogP contribution in [0.2, 0.25) is 0 Å². The number of sulfonamides is 1. The minimum absolute atomic E-state index is 0. The summed E-state index contributed by atoms with van der Waals surface area (Å²) >= 11 is 0. The number of carboxylic acid groups (broad SMARTS) is 1. The van der Waals surface area contributed by atoms with Crippen LogP contribution in [-0.4, -0.2) is 50.1 Å². The number of alkyl halides is 3. The molecule has 9 nitrogen and oxygen atoms in total. The molecule has 14 heteroatoms. The van der Waals surface area contributed by atoms with Gasteiger partial charge in [0.25, 0.3) is 10.0 Å². The molecule has 0 saturated carbocycles. The monoisotopic (exact) mass is 570 g/mol. The van der Waals surface area contributed by atoms with E-state index in [-0.39, 0.29) is 88.6 Å². The standard InChI is InChI=1S/C23H27F3N2O7S.K/c1-22(2,3)35-21(31)28-12-10-15(11-13-28)19(20(29)30)27-36(32,33)18-9-8-17(34-18)14-4-6-16(7-5-14)23(24,25)26;/h4-9,15,19,27H,10-13H2,1-3H3,(H,29,30);/q;+1/p-1/t19-;/m1./s1. The van der Waals surface area contributed by atoms with Crippen LogP contribution in [0.5, 0.6) is 0 Å². The number of rotatable bonds is 6. The average Bonchev–Trinajstić information content (AvgIpc) is 3.27. The van der Waals surface area contributed by atoms with Gasteiger partial charge in [-0.25, -0.2) is 13.2 Å². The van der Waals surface area contributed by atoms with Crippen molar-refractivity contribution >= 4 is 22.1 Å². The van der Waals surface area contributed by atoms with E-state index in [1.54, 1.807) is 20.8 Å². The molecule has 37 heavy (non-hydrogen) atoms. The number of carboxylic acids is 1. The van der Waals surface area contributed by atoms with E-state index in [1.165, 1.54) is 11.0 Å². The third kappa shape index (κ3) is 8.53. The maximum Gasteiger partial charge on any atom is 1.00 e. The van der Waals surface area contributed by atoms with Crippen molar-refractivity contribution in [3.05, 3.63) is 42.0 Å². The second-order valence-electron chi connectivity index (χ2n) is 9.42. The number of amides is 1. The zero-order chi connectivity index (χ0) is 26.9. The molecule has 1 N–H and O–H groups in total. The van der Waals surface area contributed by atoms with Crippen LogP contribution in [0.25, 0.3) is 11.3 Å². The fourth-order valence-electron chi connectivity index (χ4n) is 3.75. The van der Waals surface area contributed by atoms with E-state index in [4.69, 9.17) is 9.15 Å². The van der Waals surface area contributed by atoms with Crippen LogP contribution >= 0.6 is 0 Å². The summed E-state index contributed by atoms with van der Waals surface area (Å²) in [6.45, 7) is 5.50. The molecule has 1 fully saturated rings. The third-order valence-electron chi connectivity index (χ3n) is 5.54. The Bertz CT molecular complexity index is 1200. The van der Waals surface area contributed by atoms with Gasteiger partial charge < -0.3 is 24.0 Å². The molecule has 3 rings (SSSR count). The van der Waals surface area contributed by atoms with E-state index < -0.39 is 56.5 Å². The molecule has 1 saturated heterocycles. The molecule has 0 bridgehead atoms. The minimum atomic E-state index is -4.52. The Labute approximate surface area is 255 Å². The number of halogens is 3. The van der Waals surface area contributed by atoms with E-state index in [0.717, 1.165) is 30.3 Å². The molecular formula is C23H26F3KN2O7S. The Morgan fingerprint density at radius 3 is 2.14 bits per heavy atom. The zero-order valence-electron chi connectivity index (χ0n) is 20.8. The topological polar surface area (TPSA) is 129 Å². The molecule has 1 atom stereocenters. The quantitative estimate of drug-likeness (QED) is 0.485. The predicted octanol–water partition coefficient (Wildman–Crippen LogP) is 0.0133. The number of carbonyl (C=O) groups is 2. The van der Waals surface area contributed by atoms with Gasteiger partial charge in [0.2, 0.25) is 5.09 Å². The van der Waals surface area contributed by atoms with E-state index in [0.29, 0.717) is 0 Å². The van der Waals surface area contributed by atoms with Crippen molar-refractivity contribution < 1.29 is 96.8 Å². The first kappa shape index (κ1) is 31.8. The van der Waals surface area contributed by atoms with Gasteiger partial charge in [-0.3, -0.25) is 0 Å². The van der Waals surface area contributed by atoms with Crippen LogP contribution in [0.15, 0.2) is 45.9 Å². The SMILES string of the molecule is CC(C)(C)OC(=O)N1CCC([C@@H](NS(=O)(=O)c2ccc(-c3ccc(C(F)(F)F)cc3)o2)C(=O)[O-])CC1.[K+]. The Morgan fingerprint density at radius 2 is 1.65 bits per heavy atom. The van der Waals surface area contributed by atoms with Gasteiger partial charge >= 0.3 is 63.7 Å². The summed E-state index contributed by atoms with van der Waals surface area (Å²) in [5.41, 5.74) is -1.36. The maximum atomic E-state index is 12.8. The second-order valence-corrected chi connectivity index (χ2v) is 11.1. The van der Waals surface area contributed by atoms with Crippen molar-refractivity contribution in [3.63, 3.8) is 0 Å². The van der Waals surface area contributed by atoms with Crippen LogP contribution in [0.1, 0.15) is 39.2 Å². The van der Waals surface area contributed by atoms with Crippen molar-refractivity contribution in [2.24, 2.45) is 5.92 Å². The summed E-state index contributed by atoms with van der Waals surface area (Å²) in [5.74, 6) is -2.31. The number of carbonyl (C=O) groups excluding carboxylic acids is 2. The molecule has 1 aliphatic heterocycles. The molecule has 2 aromatic rings. The first-order chi connectivity index (χ1) is 16.6. The van der Waals surface area contributed by atoms with E-state index in [2.05, 4.69) is 4.72 Å². The van der Waals surface area contributed by atoms with Crippen molar-refractivity contribution in [1.82, 2.24) is 9.62 Å². The molecule has 2 heterocycles. The minimum Gasteiger partial charge on any atom is -0.548 e. The number of furan rings is 1. The number of nitrogens with one attached hydrogen (secondary N) is 1. The van der Waals surface area contributed by atoms with E-state index in [9.17, 15) is 36.3 Å². The fourth-order valence-corrected chi connectivity index (χ4v) is 4.93. The largest absolute Gasteiger partial charge is 1.00 e. The number of hydrogen-bond acceptors (Lipinski definition) is 7.